The second-order valence-corrected chi connectivity index (χ2v) is 3.55. The number of ether oxygens (including phenoxy) is 1. The van der Waals surface area contributed by atoms with Gasteiger partial charge >= 0.3 is 0 Å². The van der Waals surface area contributed by atoms with Crippen LogP contribution in [0, 0.1) is 0 Å². The third-order valence-electron chi connectivity index (χ3n) is 1.61. The second-order valence-electron chi connectivity index (χ2n) is 2.58. The molecule has 0 aromatic heterocycles. The molecule has 4 heteroatoms. The first-order valence-corrected chi connectivity index (χ1v) is 5.33. The molecule has 0 saturated carbocycles. The first-order valence-electron chi connectivity index (χ1n) is 4.23. The Morgan fingerprint density at radius 2 is 2.07 bits per heavy atom. The highest BCUT2D eigenvalue weighted by atomic mass is 32.2. The minimum atomic E-state index is -1.90. The van der Waals surface area contributed by atoms with E-state index in [1.807, 2.05) is 6.92 Å². The molecule has 0 heterocycles. The van der Waals surface area contributed by atoms with Gasteiger partial charge in [-0.2, -0.15) is 0 Å². The van der Waals surface area contributed by atoms with Crippen LogP contribution in [0.15, 0.2) is 35.4 Å². The maximum absolute atomic E-state index is 10.6. The molecule has 0 spiro atoms. The van der Waals surface area contributed by atoms with Crippen molar-refractivity contribution in [3.8, 4) is 0 Å². The van der Waals surface area contributed by atoms with Gasteiger partial charge in [0.05, 0.1) is 17.8 Å². The Hall–Kier alpha value is -1.13. The summed E-state index contributed by atoms with van der Waals surface area (Å²) in [5.74, 6) is 0. The molecule has 76 valence electrons. The summed E-state index contributed by atoms with van der Waals surface area (Å²) in [6.45, 7) is 2.54. The van der Waals surface area contributed by atoms with Crippen molar-refractivity contribution in [1.82, 2.24) is 0 Å². The van der Waals surface area contributed by atoms with E-state index >= 15 is 0 Å². The molecule has 1 rings (SSSR count). The highest BCUT2D eigenvalue weighted by Gasteiger charge is 1.97. The lowest BCUT2D eigenvalue weighted by Crippen LogP contribution is -1.87. The van der Waals surface area contributed by atoms with Gasteiger partial charge in [0.1, 0.15) is 0 Å². The molecule has 0 bridgehead atoms. The van der Waals surface area contributed by atoms with Crippen LogP contribution in [0.5, 0.6) is 0 Å². The fourth-order valence-electron chi connectivity index (χ4n) is 0.918. The summed E-state index contributed by atoms with van der Waals surface area (Å²) < 4.78 is 24.4. The smallest absolute Gasteiger partial charge is 0.186 e. The van der Waals surface area contributed by atoms with Gasteiger partial charge < -0.3 is 9.29 Å². The molecule has 0 radical (unpaired) electrons. The average Bonchev–Trinajstić information content (AvgIpc) is 2.19. The highest BCUT2D eigenvalue weighted by Crippen LogP contribution is 2.08. The van der Waals surface area contributed by atoms with Crippen molar-refractivity contribution < 1.29 is 13.5 Å². The third kappa shape index (κ3) is 3.32. The van der Waals surface area contributed by atoms with Crippen LogP contribution < -0.4 is 0 Å². The van der Waals surface area contributed by atoms with E-state index in [0.29, 0.717) is 11.5 Å². The maximum Gasteiger partial charge on any atom is 0.186 e. The molecule has 1 N–H and O–H groups in total. The standard InChI is InChI=1S/C10H12O3S/c1-2-13-8-7-9-3-5-10(6-4-9)14(11)12/h3-8H,2H2,1H3,(H,11,12). The molecule has 0 fully saturated rings. The van der Waals surface area contributed by atoms with Gasteiger partial charge in [-0.15, -0.1) is 0 Å². The normalized spacial score (nSPS) is 13.0. The highest BCUT2D eigenvalue weighted by molar-refractivity contribution is 7.79. The van der Waals surface area contributed by atoms with Crippen LogP contribution in [0.3, 0.4) is 0 Å². The van der Waals surface area contributed by atoms with Gasteiger partial charge in [0.2, 0.25) is 0 Å². The van der Waals surface area contributed by atoms with Crippen molar-refractivity contribution in [2.75, 3.05) is 6.61 Å². The van der Waals surface area contributed by atoms with E-state index in [2.05, 4.69) is 0 Å². The molecular weight excluding hydrogens is 200 g/mol. The molecule has 0 aliphatic carbocycles. The van der Waals surface area contributed by atoms with E-state index in [1.54, 1.807) is 36.6 Å². The molecule has 0 aliphatic rings. The van der Waals surface area contributed by atoms with Gasteiger partial charge in [-0.1, -0.05) is 12.1 Å². The Morgan fingerprint density at radius 3 is 2.57 bits per heavy atom. The summed E-state index contributed by atoms with van der Waals surface area (Å²) in [6, 6.07) is 6.75. The lowest BCUT2D eigenvalue weighted by Gasteiger charge is -1.96. The van der Waals surface area contributed by atoms with E-state index in [0.717, 1.165) is 5.56 Å². The summed E-state index contributed by atoms with van der Waals surface area (Å²) in [5.41, 5.74) is 0.938. The van der Waals surface area contributed by atoms with E-state index in [9.17, 15) is 4.21 Å². The minimum absolute atomic E-state index is 0.401. The van der Waals surface area contributed by atoms with Crippen molar-refractivity contribution in [2.45, 2.75) is 11.8 Å². The minimum Gasteiger partial charge on any atom is -0.501 e. The monoisotopic (exact) mass is 212 g/mol. The van der Waals surface area contributed by atoms with Crippen LogP contribution in [-0.4, -0.2) is 15.4 Å². The molecule has 1 unspecified atom stereocenters. The molecule has 1 aromatic carbocycles. The van der Waals surface area contributed by atoms with Gasteiger partial charge in [0.25, 0.3) is 0 Å². The summed E-state index contributed by atoms with van der Waals surface area (Å²) in [7, 11) is 0. The molecule has 3 nitrogen and oxygen atoms in total. The topological polar surface area (TPSA) is 46.5 Å². The van der Waals surface area contributed by atoms with Crippen LogP contribution in [0.2, 0.25) is 0 Å². The second kappa shape index (κ2) is 5.57. The largest absolute Gasteiger partial charge is 0.501 e. The fraction of sp³-hybridized carbons (Fsp3) is 0.200. The number of hydrogen-bond donors (Lipinski definition) is 1. The van der Waals surface area contributed by atoms with E-state index in [4.69, 9.17) is 9.29 Å². The molecule has 0 aliphatic heterocycles. The molecule has 1 atom stereocenters. The SMILES string of the molecule is CCOC=Cc1ccc(S(=O)O)cc1. The Balaban J connectivity index is 2.68. The average molecular weight is 212 g/mol. The Labute approximate surface area is 85.7 Å². The number of rotatable bonds is 4. The van der Waals surface area contributed by atoms with Crippen molar-refractivity contribution in [2.24, 2.45) is 0 Å². The number of benzene rings is 1. The van der Waals surface area contributed by atoms with Gasteiger partial charge in [0.15, 0.2) is 11.1 Å². The van der Waals surface area contributed by atoms with Crippen molar-refractivity contribution >= 4 is 17.2 Å². The van der Waals surface area contributed by atoms with Crippen LogP contribution in [0.25, 0.3) is 6.08 Å². The predicted octanol–water partition coefficient (Wildman–Crippen LogP) is 2.27. The van der Waals surface area contributed by atoms with E-state index in [-0.39, 0.29) is 0 Å². The zero-order chi connectivity index (χ0) is 10.4. The van der Waals surface area contributed by atoms with Crippen LogP contribution in [0.1, 0.15) is 12.5 Å². The first kappa shape index (κ1) is 10.9. The van der Waals surface area contributed by atoms with Crippen LogP contribution in [0.4, 0.5) is 0 Å². The third-order valence-corrected chi connectivity index (χ3v) is 2.28. The van der Waals surface area contributed by atoms with E-state index in [1.165, 1.54) is 0 Å². The lowest BCUT2D eigenvalue weighted by atomic mass is 10.2. The first-order chi connectivity index (χ1) is 6.74. The molecule has 1 aromatic rings. The summed E-state index contributed by atoms with van der Waals surface area (Å²) in [4.78, 5) is 0.401. The quantitative estimate of drug-likeness (QED) is 0.615. The number of hydrogen-bond acceptors (Lipinski definition) is 2. The van der Waals surface area contributed by atoms with Crippen molar-refractivity contribution in [1.29, 1.82) is 0 Å². The predicted molar refractivity (Wildman–Crippen MR) is 56.1 cm³/mol. The maximum atomic E-state index is 10.6. The Morgan fingerprint density at radius 1 is 1.43 bits per heavy atom. The molecule has 0 saturated heterocycles. The molecule has 0 amide bonds. The lowest BCUT2D eigenvalue weighted by molar-refractivity contribution is 0.272. The zero-order valence-electron chi connectivity index (χ0n) is 7.84. The van der Waals surface area contributed by atoms with Crippen LogP contribution >= 0.6 is 0 Å². The summed E-state index contributed by atoms with van der Waals surface area (Å²) in [5, 5.41) is 0. The van der Waals surface area contributed by atoms with Crippen molar-refractivity contribution in [3.05, 3.63) is 36.1 Å². The summed E-state index contributed by atoms with van der Waals surface area (Å²) >= 11 is -1.90. The van der Waals surface area contributed by atoms with Gasteiger partial charge in [-0.3, -0.25) is 0 Å². The van der Waals surface area contributed by atoms with Gasteiger partial charge in [0, 0.05) is 0 Å². The molecule has 14 heavy (non-hydrogen) atoms. The molecular formula is C10H12O3S. The van der Waals surface area contributed by atoms with Crippen molar-refractivity contribution in [3.63, 3.8) is 0 Å². The van der Waals surface area contributed by atoms with Gasteiger partial charge in [-0.25, -0.2) is 4.21 Å². The zero-order valence-corrected chi connectivity index (χ0v) is 8.66. The van der Waals surface area contributed by atoms with E-state index < -0.39 is 11.1 Å². The van der Waals surface area contributed by atoms with Crippen LogP contribution in [-0.2, 0) is 15.8 Å². The fourth-order valence-corrected chi connectivity index (χ4v) is 1.29. The summed E-state index contributed by atoms with van der Waals surface area (Å²) in [6.07, 6.45) is 3.40. The Bertz CT molecular complexity index is 330. The Kier molecular flexibility index (Phi) is 4.35. The van der Waals surface area contributed by atoms with Gasteiger partial charge in [-0.05, 0) is 30.7 Å².